The van der Waals surface area contributed by atoms with Crippen molar-refractivity contribution in [2.75, 3.05) is 23.3 Å². The number of aryl methyl sites for hydroxylation is 2. The van der Waals surface area contributed by atoms with Crippen LogP contribution in [0.3, 0.4) is 0 Å². The van der Waals surface area contributed by atoms with Crippen molar-refractivity contribution in [1.82, 2.24) is 4.98 Å². The molecular weight excluding hydrogens is 444 g/mol. The molecule has 0 radical (unpaired) electrons. The van der Waals surface area contributed by atoms with E-state index in [0.717, 1.165) is 49.0 Å². The Morgan fingerprint density at radius 2 is 1.83 bits per heavy atom. The van der Waals surface area contributed by atoms with Gasteiger partial charge in [0.05, 0.1) is 4.92 Å². The lowest BCUT2D eigenvalue weighted by Crippen LogP contribution is -2.30. The van der Waals surface area contributed by atoms with Crippen molar-refractivity contribution in [3.05, 3.63) is 81.4 Å². The third-order valence-electron chi connectivity index (χ3n) is 6.39. The lowest BCUT2D eigenvalue weighted by Gasteiger charge is -2.28. The molecule has 4 aromatic rings. The number of oxazole rings is 1. The third kappa shape index (κ3) is 4.59. The predicted octanol–water partition coefficient (Wildman–Crippen LogP) is 6.26. The van der Waals surface area contributed by atoms with Gasteiger partial charge in [0.15, 0.2) is 5.58 Å². The number of hydrogen-bond donors (Lipinski definition) is 1. The van der Waals surface area contributed by atoms with E-state index in [-0.39, 0.29) is 11.3 Å². The van der Waals surface area contributed by atoms with Gasteiger partial charge in [-0.25, -0.2) is 4.98 Å². The van der Waals surface area contributed by atoms with Gasteiger partial charge in [-0.15, -0.1) is 0 Å². The molecule has 1 fully saturated rings. The smallest absolute Gasteiger partial charge is 0.293 e. The first kappa shape index (κ1) is 22.6. The second-order valence-corrected chi connectivity index (χ2v) is 8.98. The van der Waals surface area contributed by atoms with Crippen LogP contribution in [0.15, 0.2) is 59.0 Å². The van der Waals surface area contributed by atoms with Crippen LogP contribution < -0.4 is 10.2 Å². The Kier molecular flexibility index (Phi) is 5.94. The second-order valence-electron chi connectivity index (χ2n) is 8.98. The van der Waals surface area contributed by atoms with Crippen LogP contribution in [0.5, 0.6) is 0 Å². The first-order chi connectivity index (χ1) is 16.9. The number of benzene rings is 3. The minimum absolute atomic E-state index is 0.0513. The molecule has 1 saturated heterocycles. The number of piperidine rings is 1. The Labute approximate surface area is 202 Å². The number of amides is 1. The highest BCUT2D eigenvalue weighted by atomic mass is 16.6. The molecule has 1 N–H and O–H groups in total. The van der Waals surface area contributed by atoms with Gasteiger partial charge in [-0.1, -0.05) is 17.7 Å². The number of hydrogen-bond acceptors (Lipinski definition) is 6. The maximum atomic E-state index is 12.9. The summed E-state index contributed by atoms with van der Waals surface area (Å²) >= 11 is 0. The van der Waals surface area contributed by atoms with E-state index in [9.17, 15) is 14.9 Å². The van der Waals surface area contributed by atoms with Crippen LogP contribution in [0.1, 0.15) is 40.7 Å². The summed E-state index contributed by atoms with van der Waals surface area (Å²) in [5.74, 6) is 0.0978. The first-order valence-electron chi connectivity index (χ1n) is 11.7. The number of aromatic nitrogens is 1. The molecule has 2 heterocycles. The summed E-state index contributed by atoms with van der Waals surface area (Å²) in [6, 6.07) is 16.0. The van der Waals surface area contributed by atoms with Gasteiger partial charge in [0.2, 0.25) is 5.89 Å². The lowest BCUT2D eigenvalue weighted by molar-refractivity contribution is -0.384. The fourth-order valence-corrected chi connectivity index (χ4v) is 4.59. The molecule has 8 nitrogen and oxygen atoms in total. The van der Waals surface area contributed by atoms with Crippen molar-refractivity contribution in [2.24, 2.45) is 0 Å². The van der Waals surface area contributed by atoms with Crippen molar-refractivity contribution < 1.29 is 14.1 Å². The second kappa shape index (κ2) is 9.21. The number of anilines is 2. The van der Waals surface area contributed by atoms with Crippen molar-refractivity contribution in [2.45, 2.75) is 33.1 Å². The minimum Gasteiger partial charge on any atom is -0.436 e. The van der Waals surface area contributed by atoms with Crippen molar-refractivity contribution >= 4 is 34.1 Å². The fraction of sp³-hybridized carbons (Fsp3) is 0.259. The average molecular weight is 471 g/mol. The molecule has 0 unspecified atom stereocenters. The van der Waals surface area contributed by atoms with Gasteiger partial charge in [-0.3, -0.25) is 14.9 Å². The molecule has 0 atom stereocenters. The van der Waals surface area contributed by atoms with Gasteiger partial charge < -0.3 is 14.6 Å². The Morgan fingerprint density at radius 3 is 2.57 bits per heavy atom. The largest absolute Gasteiger partial charge is 0.436 e. The monoisotopic (exact) mass is 470 g/mol. The number of nitro groups is 1. The number of nitro benzene ring substituents is 1. The van der Waals surface area contributed by atoms with E-state index < -0.39 is 10.8 Å². The van der Waals surface area contributed by atoms with E-state index in [1.54, 1.807) is 30.3 Å². The number of fused-ring (bicyclic) bond motifs is 1. The maximum Gasteiger partial charge on any atom is 0.293 e. The average Bonchev–Trinajstić information content (AvgIpc) is 3.27. The molecule has 178 valence electrons. The molecule has 8 heteroatoms. The lowest BCUT2D eigenvalue weighted by atomic mass is 10.1. The summed E-state index contributed by atoms with van der Waals surface area (Å²) in [5.41, 5.74) is 5.65. The Hall–Kier alpha value is -4.20. The topological polar surface area (TPSA) is 102 Å². The fourth-order valence-electron chi connectivity index (χ4n) is 4.59. The molecule has 1 aliphatic heterocycles. The summed E-state index contributed by atoms with van der Waals surface area (Å²) in [6.07, 6.45) is 3.15. The molecule has 3 aromatic carbocycles. The molecule has 0 bridgehead atoms. The summed E-state index contributed by atoms with van der Waals surface area (Å²) in [5, 5.41) is 14.6. The zero-order chi connectivity index (χ0) is 24.5. The van der Waals surface area contributed by atoms with Crippen molar-refractivity contribution in [3.8, 4) is 11.5 Å². The number of nitrogens with zero attached hydrogens (tertiary/aromatic N) is 3. The van der Waals surface area contributed by atoms with E-state index in [4.69, 9.17) is 4.42 Å². The predicted molar refractivity (Wildman–Crippen MR) is 136 cm³/mol. The van der Waals surface area contributed by atoms with E-state index in [1.165, 1.54) is 6.07 Å². The van der Waals surface area contributed by atoms with Crippen LogP contribution in [-0.2, 0) is 0 Å². The molecular formula is C27H26N4O4. The summed E-state index contributed by atoms with van der Waals surface area (Å²) in [7, 11) is 0. The van der Waals surface area contributed by atoms with E-state index in [0.29, 0.717) is 28.4 Å². The van der Waals surface area contributed by atoms with Gasteiger partial charge in [0.1, 0.15) is 11.2 Å². The molecule has 0 spiro atoms. The SMILES string of the molecule is Cc1ccc(-c2nc3cc(NC(=O)c4ccc(N5CCCCC5)c([N+](=O)[O-])c4)ccc3o2)c(C)c1. The van der Waals surface area contributed by atoms with Crippen LogP contribution in [0, 0.1) is 24.0 Å². The molecule has 1 amide bonds. The number of rotatable bonds is 5. The van der Waals surface area contributed by atoms with E-state index >= 15 is 0 Å². The first-order valence-corrected chi connectivity index (χ1v) is 11.7. The van der Waals surface area contributed by atoms with Crippen LogP contribution in [0.2, 0.25) is 0 Å². The van der Waals surface area contributed by atoms with Crippen molar-refractivity contribution in [3.63, 3.8) is 0 Å². The Morgan fingerprint density at radius 1 is 1.03 bits per heavy atom. The van der Waals surface area contributed by atoms with E-state index in [2.05, 4.69) is 16.4 Å². The van der Waals surface area contributed by atoms with Gasteiger partial charge in [-0.2, -0.15) is 0 Å². The van der Waals surface area contributed by atoms with Gasteiger partial charge in [0.25, 0.3) is 11.6 Å². The standard InChI is InChI=1S/C27H26N4O4/c1-17-6-9-21(18(2)14-17)27-29-22-16-20(8-11-25(22)35-27)28-26(32)19-7-10-23(24(15-19)31(33)34)30-12-4-3-5-13-30/h6-11,14-16H,3-5,12-13H2,1-2H3,(H,28,32). The zero-order valence-corrected chi connectivity index (χ0v) is 19.7. The van der Waals surface area contributed by atoms with Crippen LogP contribution in [0.4, 0.5) is 17.1 Å². The molecule has 0 aliphatic carbocycles. The number of carbonyl (C=O) groups is 1. The molecule has 5 rings (SSSR count). The minimum atomic E-state index is -0.421. The molecule has 1 aliphatic rings. The van der Waals surface area contributed by atoms with Crippen LogP contribution in [0.25, 0.3) is 22.6 Å². The summed E-state index contributed by atoms with van der Waals surface area (Å²) in [6.45, 7) is 5.62. The highest BCUT2D eigenvalue weighted by Crippen LogP contribution is 2.32. The molecule has 0 saturated carbocycles. The summed E-state index contributed by atoms with van der Waals surface area (Å²) < 4.78 is 5.93. The maximum absolute atomic E-state index is 12.9. The highest BCUT2D eigenvalue weighted by molar-refractivity contribution is 6.05. The molecule has 35 heavy (non-hydrogen) atoms. The van der Waals surface area contributed by atoms with Gasteiger partial charge >= 0.3 is 0 Å². The van der Waals surface area contributed by atoms with E-state index in [1.807, 2.05) is 30.9 Å². The third-order valence-corrected chi connectivity index (χ3v) is 6.39. The number of carbonyl (C=O) groups excluding carboxylic acids is 1. The molecule has 1 aromatic heterocycles. The van der Waals surface area contributed by atoms with Gasteiger partial charge in [0, 0.05) is 36.0 Å². The Bertz CT molecular complexity index is 1440. The number of nitrogens with one attached hydrogen (secondary N) is 1. The Balaban J connectivity index is 1.39. The van der Waals surface area contributed by atoms with Crippen LogP contribution in [-0.4, -0.2) is 28.9 Å². The quantitative estimate of drug-likeness (QED) is 0.273. The van der Waals surface area contributed by atoms with Crippen molar-refractivity contribution in [1.29, 1.82) is 0 Å². The normalized spacial score (nSPS) is 13.7. The highest BCUT2D eigenvalue weighted by Gasteiger charge is 2.23. The van der Waals surface area contributed by atoms with Gasteiger partial charge in [-0.05, 0) is 75.1 Å². The zero-order valence-electron chi connectivity index (χ0n) is 19.7. The summed E-state index contributed by atoms with van der Waals surface area (Å²) in [4.78, 5) is 30.9. The van der Waals surface area contributed by atoms with Crippen LogP contribution >= 0.6 is 0 Å².